The van der Waals surface area contributed by atoms with Crippen LogP contribution in [-0.4, -0.2) is 16.8 Å². The number of carbonyl (C=O) groups excluding carboxylic acids is 1. The molecule has 0 saturated carbocycles. The zero-order valence-electron chi connectivity index (χ0n) is 5.89. The maximum atomic E-state index is 11.0. The standard InChI is InChI=1S/C7H12OS/c1-5-4-9-6(2)3-7(5)8/h5-6H,3-4H2,1-2H3/t5-,6+/m1/s1. The van der Waals surface area contributed by atoms with E-state index in [9.17, 15) is 4.79 Å². The van der Waals surface area contributed by atoms with Crippen molar-refractivity contribution in [3.63, 3.8) is 0 Å². The summed E-state index contributed by atoms with van der Waals surface area (Å²) in [5.74, 6) is 1.78. The summed E-state index contributed by atoms with van der Waals surface area (Å²) in [6, 6.07) is 0. The van der Waals surface area contributed by atoms with Crippen molar-refractivity contribution in [2.24, 2.45) is 5.92 Å². The summed E-state index contributed by atoms with van der Waals surface area (Å²) < 4.78 is 0. The van der Waals surface area contributed by atoms with Crippen molar-refractivity contribution >= 4 is 17.5 Å². The molecule has 0 aromatic rings. The lowest BCUT2D eigenvalue weighted by Crippen LogP contribution is -2.23. The van der Waals surface area contributed by atoms with Crippen molar-refractivity contribution in [2.45, 2.75) is 25.5 Å². The summed E-state index contributed by atoms with van der Waals surface area (Å²) in [6.07, 6.45) is 0.784. The summed E-state index contributed by atoms with van der Waals surface area (Å²) in [4.78, 5) is 11.0. The molecule has 52 valence electrons. The molecule has 9 heavy (non-hydrogen) atoms. The monoisotopic (exact) mass is 144 g/mol. The largest absolute Gasteiger partial charge is 0.299 e. The zero-order chi connectivity index (χ0) is 6.85. The summed E-state index contributed by atoms with van der Waals surface area (Å²) >= 11 is 1.91. The molecule has 0 aromatic heterocycles. The zero-order valence-corrected chi connectivity index (χ0v) is 6.70. The van der Waals surface area contributed by atoms with E-state index in [2.05, 4.69) is 6.92 Å². The van der Waals surface area contributed by atoms with Gasteiger partial charge in [-0.05, 0) is 0 Å². The molecule has 1 saturated heterocycles. The average molecular weight is 144 g/mol. The van der Waals surface area contributed by atoms with E-state index < -0.39 is 0 Å². The first-order chi connectivity index (χ1) is 4.20. The van der Waals surface area contributed by atoms with Crippen molar-refractivity contribution in [3.05, 3.63) is 0 Å². The molecule has 1 fully saturated rings. The number of hydrogen-bond acceptors (Lipinski definition) is 2. The Kier molecular flexibility index (Phi) is 2.17. The lowest BCUT2D eigenvalue weighted by molar-refractivity contribution is -0.121. The molecule has 0 aliphatic carbocycles. The molecule has 0 unspecified atom stereocenters. The Morgan fingerprint density at radius 1 is 1.56 bits per heavy atom. The Labute approximate surface area is 60.2 Å². The molecular weight excluding hydrogens is 132 g/mol. The molecule has 0 amide bonds. The molecule has 1 heterocycles. The first kappa shape index (κ1) is 7.13. The Bertz CT molecular complexity index is 122. The highest BCUT2D eigenvalue weighted by Crippen LogP contribution is 2.25. The average Bonchev–Trinajstić information content (AvgIpc) is 1.80. The second-order valence-corrected chi connectivity index (χ2v) is 4.19. The van der Waals surface area contributed by atoms with E-state index in [1.54, 1.807) is 0 Å². The highest BCUT2D eigenvalue weighted by molar-refractivity contribution is 8.00. The Hall–Kier alpha value is 0.0200. The lowest BCUT2D eigenvalue weighted by Gasteiger charge is -2.20. The summed E-state index contributed by atoms with van der Waals surface area (Å²) in [5, 5.41) is 0.564. The molecule has 1 aliphatic rings. The first-order valence-corrected chi connectivity index (χ1v) is 4.39. The minimum absolute atomic E-state index is 0.311. The van der Waals surface area contributed by atoms with Crippen molar-refractivity contribution in [3.8, 4) is 0 Å². The molecule has 2 atom stereocenters. The topological polar surface area (TPSA) is 17.1 Å². The van der Waals surface area contributed by atoms with Crippen LogP contribution in [0.25, 0.3) is 0 Å². The predicted octanol–water partition coefficient (Wildman–Crippen LogP) is 1.72. The third-order valence-corrected chi connectivity index (χ3v) is 3.10. The second kappa shape index (κ2) is 2.74. The SMILES string of the molecule is C[C@@H]1CS[C@@H](C)CC1=O. The van der Waals surface area contributed by atoms with Crippen LogP contribution in [0, 0.1) is 5.92 Å². The van der Waals surface area contributed by atoms with Crippen LogP contribution >= 0.6 is 11.8 Å². The van der Waals surface area contributed by atoms with Crippen LogP contribution in [0.15, 0.2) is 0 Å². The second-order valence-electron chi connectivity index (χ2n) is 2.72. The normalized spacial score (nSPS) is 36.9. The molecule has 0 bridgehead atoms. The smallest absolute Gasteiger partial charge is 0.137 e. The first-order valence-electron chi connectivity index (χ1n) is 3.34. The molecule has 1 rings (SSSR count). The molecule has 2 heteroatoms. The van der Waals surface area contributed by atoms with E-state index in [4.69, 9.17) is 0 Å². The van der Waals surface area contributed by atoms with Crippen molar-refractivity contribution in [1.82, 2.24) is 0 Å². The van der Waals surface area contributed by atoms with Gasteiger partial charge in [-0.3, -0.25) is 4.79 Å². The summed E-state index contributed by atoms with van der Waals surface area (Å²) in [7, 11) is 0. The highest BCUT2D eigenvalue weighted by Gasteiger charge is 2.22. The Morgan fingerprint density at radius 3 is 2.67 bits per heavy atom. The summed E-state index contributed by atoms with van der Waals surface area (Å²) in [5.41, 5.74) is 0. The van der Waals surface area contributed by atoms with Crippen LogP contribution in [-0.2, 0) is 4.79 Å². The fraction of sp³-hybridized carbons (Fsp3) is 0.857. The van der Waals surface area contributed by atoms with Crippen LogP contribution in [0.4, 0.5) is 0 Å². The molecular formula is C7H12OS. The van der Waals surface area contributed by atoms with Crippen molar-refractivity contribution in [1.29, 1.82) is 0 Å². The van der Waals surface area contributed by atoms with Gasteiger partial charge in [0.05, 0.1) is 0 Å². The van der Waals surface area contributed by atoms with Gasteiger partial charge in [-0.2, -0.15) is 11.8 Å². The van der Waals surface area contributed by atoms with E-state index in [1.165, 1.54) is 0 Å². The van der Waals surface area contributed by atoms with E-state index in [-0.39, 0.29) is 0 Å². The Balaban J connectivity index is 2.44. The van der Waals surface area contributed by atoms with E-state index >= 15 is 0 Å². The fourth-order valence-electron chi connectivity index (χ4n) is 0.945. The maximum absolute atomic E-state index is 11.0. The van der Waals surface area contributed by atoms with Gasteiger partial charge in [0.25, 0.3) is 0 Å². The van der Waals surface area contributed by atoms with Gasteiger partial charge in [0.15, 0.2) is 0 Å². The third-order valence-electron chi connectivity index (χ3n) is 1.67. The van der Waals surface area contributed by atoms with Gasteiger partial charge in [-0.25, -0.2) is 0 Å². The molecule has 0 aromatic carbocycles. The predicted molar refractivity (Wildman–Crippen MR) is 40.7 cm³/mol. The van der Waals surface area contributed by atoms with Gasteiger partial charge in [0.1, 0.15) is 5.78 Å². The molecule has 1 nitrogen and oxygen atoms in total. The highest BCUT2D eigenvalue weighted by atomic mass is 32.2. The molecule has 1 aliphatic heterocycles. The quantitative estimate of drug-likeness (QED) is 0.515. The molecule has 0 radical (unpaired) electrons. The van der Waals surface area contributed by atoms with Gasteiger partial charge < -0.3 is 0 Å². The lowest BCUT2D eigenvalue weighted by atomic mass is 10.0. The van der Waals surface area contributed by atoms with Crippen LogP contribution in [0.2, 0.25) is 0 Å². The van der Waals surface area contributed by atoms with E-state index in [0.717, 1.165) is 12.2 Å². The minimum Gasteiger partial charge on any atom is -0.299 e. The van der Waals surface area contributed by atoms with Gasteiger partial charge in [-0.1, -0.05) is 13.8 Å². The Morgan fingerprint density at radius 2 is 2.22 bits per heavy atom. The van der Waals surface area contributed by atoms with Crippen LogP contribution in [0.1, 0.15) is 20.3 Å². The number of Topliss-reactive ketones (excluding diaryl/α,β-unsaturated/α-hetero) is 1. The number of carbonyl (C=O) groups is 1. The number of hydrogen-bond donors (Lipinski definition) is 0. The number of rotatable bonds is 0. The molecule has 0 spiro atoms. The number of thioether (sulfide) groups is 1. The number of ketones is 1. The van der Waals surface area contributed by atoms with Crippen LogP contribution < -0.4 is 0 Å². The van der Waals surface area contributed by atoms with Crippen molar-refractivity contribution < 1.29 is 4.79 Å². The maximum Gasteiger partial charge on any atom is 0.137 e. The minimum atomic E-state index is 0.311. The van der Waals surface area contributed by atoms with Crippen LogP contribution in [0.5, 0.6) is 0 Å². The summed E-state index contributed by atoms with van der Waals surface area (Å²) in [6.45, 7) is 4.13. The van der Waals surface area contributed by atoms with Gasteiger partial charge in [-0.15, -0.1) is 0 Å². The third kappa shape index (κ3) is 1.71. The van der Waals surface area contributed by atoms with Gasteiger partial charge in [0, 0.05) is 23.3 Å². The van der Waals surface area contributed by atoms with Crippen molar-refractivity contribution in [2.75, 3.05) is 5.75 Å². The fourth-order valence-corrected chi connectivity index (χ4v) is 2.03. The van der Waals surface area contributed by atoms with E-state index in [1.807, 2.05) is 18.7 Å². The van der Waals surface area contributed by atoms with Gasteiger partial charge >= 0.3 is 0 Å². The van der Waals surface area contributed by atoms with E-state index in [0.29, 0.717) is 17.0 Å². The van der Waals surface area contributed by atoms with Gasteiger partial charge in [0.2, 0.25) is 0 Å². The molecule has 0 N–H and O–H groups in total. The van der Waals surface area contributed by atoms with Crippen LogP contribution in [0.3, 0.4) is 0 Å².